The van der Waals surface area contributed by atoms with Crippen molar-refractivity contribution in [3.63, 3.8) is 0 Å². The molecule has 0 aromatic carbocycles. The average Bonchev–Trinajstić information content (AvgIpc) is 1.98. The van der Waals surface area contributed by atoms with Gasteiger partial charge in [-0.2, -0.15) is 0 Å². The maximum atomic E-state index is 5.37. The van der Waals surface area contributed by atoms with E-state index in [9.17, 15) is 0 Å². The Morgan fingerprint density at radius 1 is 1.60 bits per heavy atom. The van der Waals surface area contributed by atoms with Crippen LogP contribution in [0.2, 0.25) is 0 Å². The van der Waals surface area contributed by atoms with Crippen molar-refractivity contribution in [2.24, 2.45) is 5.73 Å². The average molecular weight is 142 g/mol. The van der Waals surface area contributed by atoms with Gasteiger partial charge in [-0.3, -0.25) is 0 Å². The molecule has 0 spiro atoms. The van der Waals surface area contributed by atoms with Crippen molar-refractivity contribution in [3.05, 3.63) is 11.8 Å². The van der Waals surface area contributed by atoms with Crippen molar-refractivity contribution in [2.45, 2.75) is 20.3 Å². The molecule has 0 aromatic rings. The van der Waals surface area contributed by atoms with Crippen molar-refractivity contribution >= 4 is 0 Å². The maximum Gasteiger partial charge on any atom is 0.0183 e. The second-order valence-corrected chi connectivity index (χ2v) is 2.49. The third kappa shape index (κ3) is 3.51. The molecular weight excluding hydrogens is 124 g/mol. The fraction of sp³-hybridized carbons (Fsp3) is 0.750. The van der Waals surface area contributed by atoms with Crippen LogP contribution in [-0.2, 0) is 0 Å². The summed E-state index contributed by atoms with van der Waals surface area (Å²) in [6.45, 7) is 6.00. The quantitative estimate of drug-likeness (QED) is 0.639. The van der Waals surface area contributed by atoms with E-state index in [-0.39, 0.29) is 0 Å². The number of allylic oxidation sites excluding steroid dienone is 2. The first kappa shape index (κ1) is 9.50. The van der Waals surface area contributed by atoms with E-state index >= 15 is 0 Å². The van der Waals surface area contributed by atoms with E-state index in [2.05, 4.69) is 24.9 Å². The van der Waals surface area contributed by atoms with Gasteiger partial charge in [-0.05, 0) is 26.8 Å². The van der Waals surface area contributed by atoms with Crippen LogP contribution in [0.3, 0.4) is 0 Å². The molecule has 0 aliphatic heterocycles. The molecule has 0 fully saturated rings. The topological polar surface area (TPSA) is 29.3 Å². The summed E-state index contributed by atoms with van der Waals surface area (Å²) in [7, 11) is 2.09. The molecule has 2 N–H and O–H groups in total. The van der Waals surface area contributed by atoms with Crippen molar-refractivity contribution in [1.29, 1.82) is 0 Å². The van der Waals surface area contributed by atoms with Crippen molar-refractivity contribution in [1.82, 2.24) is 4.90 Å². The summed E-state index contributed by atoms with van der Waals surface area (Å²) in [6, 6.07) is 0. The summed E-state index contributed by atoms with van der Waals surface area (Å²) in [4.78, 5) is 2.22. The molecule has 2 heteroatoms. The van der Waals surface area contributed by atoms with Crippen molar-refractivity contribution < 1.29 is 0 Å². The molecule has 0 bridgehead atoms. The molecule has 0 saturated heterocycles. The van der Waals surface area contributed by atoms with Crippen LogP contribution >= 0.6 is 0 Å². The highest BCUT2D eigenvalue weighted by molar-refractivity contribution is 4.93. The lowest BCUT2D eigenvalue weighted by Gasteiger charge is -2.18. The largest absolute Gasteiger partial charge is 0.378 e. The van der Waals surface area contributed by atoms with Gasteiger partial charge in [0, 0.05) is 19.3 Å². The van der Waals surface area contributed by atoms with Crippen LogP contribution in [0.5, 0.6) is 0 Å². The molecular formula is C8H18N2. The molecule has 0 aromatic heterocycles. The smallest absolute Gasteiger partial charge is 0.0183 e. The number of hydrogen-bond donors (Lipinski definition) is 1. The van der Waals surface area contributed by atoms with Gasteiger partial charge in [-0.1, -0.05) is 6.08 Å². The Kier molecular flexibility index (Phi) is 5.03. The van der Waals surface area contributed by atoms with Crippen LogP contribution in [0.25, 0.3) is 0 Å². The van der Waals surface area contributed by atoms with Gasteiger partial charge in [0.15, 0.2) is 0 Å². The van der Waals surface area contributed by atoms with E-state index in [0.29, 0.717) is 0 Å². The molecule has 0 unspecified atom stereocenters. The Bertz CT molecular complexity index is 108. The minimum Gasteiger partial charge on any atom is -0.378 e. The van der Waals surface area contributed by atoms with Crippen LogP contribution in [0, 0.1) is 0 Å². The van der Waals surface area contributed by atoms with Crippen LogP contribution < -0.4 is 5.73 Å². The molecule has 60 valence electrons. The maximum absolute atomic E-state index is 5.37. The SMILES string of the molecule is CC=C(C)N(C)CCCN. The van der Waals surface area contributed by atoms with E-state index in [4.69, 9.17) is 5.73 Å². The predicted molar refractivity (Wildman–Crippen MR) is 45.7 cm³/mol. The van der Waals surface area contributed by atoms with Gasteiger partial charge in [0.25, 0.3) is 0 Å². The zero-order valence-corrected chi connectivity index (χ0v) is 7.22. The third-order valence-electron chi connectivity index (χ3n) is 1.72. The Labute approximate surface area is 63.7 Å². The van der Waals surface area contributed by atoms with E-state index in [1.54, 1.807) is 0 Å². The molecule has 0 rings (SSSR count). The second-order valence-electron chi connectivity index (χ2n) is 2.49. The molecule has 0 aliphatic rings. The molecule has 0 aliphatic carbocycles. The van der Waals surface area contributed by atoms with Crippen LogP contribution in [0.15, 0.2) is 11.8 Å². The van der Waals surface area contributed by atoms with Crippen LogP contribution in [0.1, 0.15) is 20.3 Å². The van der Waals surface area contributed by atoms with Crippen LogP contribution in [-0.4, -0.2) is 25.0 Å². The Morgan fingerprint density at radius 2 is 2.20 bits per heavy atom. The molecule has 0 atom stereocenters. The Balaban J connectivity index is 3.51. The first-order valence-electron chi connectivity index (χ1n) is 3.76. The lowest BCUT2D eigenvalue weighted by molar-refractivity contribution is 0.411. The second kappa shape index (κ2) is 5.30. The summed E-state index contributed by atoms with van der Waals surface area (Å²) >= 11 is 0. The standard InChI is InChI=1S/C8H18N2/c1-4-8(2)10(3)7-5-6-9/h4H,5-7,9H2,1-3H3. The molecule has 0 heterocycles. The molecule has 0 saturated carbocycles. The normalized spacial score (nSPS) is 11.8. The Morgan fingerprint density at radius 3 is 2.60 bits per heavy atom. The van der Waals surface area contributed by atoms with Gasteiger partial charge < -0.3 is 10.6 Å². The van der Waals surface area contributed by atoms with Crippen LogP contribution in [0.4, 0.5) is 0 Å². The number of nitrogens with zero attached hydrogens (tertiary/aromatic N) is 1. The van der Waals surface area contributed by atoms with E-state index in [1.165, 1.54) is 5.70 Å². The molecule has 0 amide bonds. The minimum absolute atomic E-state index is 0.779. The lowest BCUT2D eigenvalue weighted by Crippen LogP contribution is -2.19. The summed E-state index contributed by atoms with van der Waals surface area (Å²) in [5.74, 6) is 0. The highest BCUT2D eigenvalue weighted by Gasteiger charge is 1.94. The van der Waals surface area contributed by atoms with E-state index in [1.807, 2.05) is 6.92 Å². The van der Waals surface area contributed by atoms with E-state index < -0.39 is 0 Å². The van der Waals surface area contributed by atoms with Gasteiger partial charge in [0.1, 0.15) is 0 Å². The fourth-order valence-electron chi connectivity index (χ4n) is 0.725. The molecule has 10 heavy (non-hydrogen) atoms. The van der Waals surface area contributed by atoms with Gasteiger partial charge in [-0.25, -0.2) is 0 Å². The number of rotatable bonds is 4. The molecule has 2 nitrogen and oxygen atoms in total. The third-order valence-corrected chi connectivity index (χ3v) is 1.72. The summed E-state index contributed by atoms with van der Waals surface area (Å²) in [5.41, 5.74) is 6.69. The van der Waals surface area contributed by atoms with E-state index in [0.717, 1.165) is 19.5 Å². The van der Waals surface area contributed by atoms with Gasteiger partial charge >= 0.3 is 0 Å². The number of nitrogens with two attached hydrogens (primary N) is 1. The zero-order valence-electron chi connectivity index (χ0n) is 7.22. The summed E-state index contributed by atoms with van der Waals surface area (Å²) in [6.07, 6.45) is 3.18. The number of hydrogen-bond acceptors (Lipinski definition) is 2. The zero-order chi connectivity index (χ0) is 7.98. The highest BCUT2D eigenvalue weighted by Crippen LogP contribution is 1.98. The first-order chi connectivity index (χ1) is 4.72. The first-order valence-corrected chi connectivity index (χ1v) is 3.76. The molecule has 0 radical (unpaired) electrons. The Hall–Kier alpha value is -0.500. The minimum atomic E-state index is 0.779. The summed E-state index contributed by atoms with van der Waals surface area (Å²) < 4.78 is 0. The van der Waals surface area contributed by atoms with Crippen molar-refractivity contribution in [3.8, 4) is 0 Å². The van der Waals surface area contributed by atoms with Gasteiger partial charge in [-0.15, -0.1) is 0 Å². The summed E-state index contributed by atoms with van der Waals surface area (Å²) in [5, 5.41) is 0. The lowest BCUT2D eigenvalue weighted by atomic mass is 10.3. The van der Waals surface area contributed by atoms with Crippen molar-refractivity contribution in [2.75, 3.05) is 20.1 Å². The fourth-order valence-corrected chi connectivity index (χ4v) is 0.725. The highest BCUT2D eigenvalue weighted by atomic mass is 15.1. The van der Waals surface area contributed by atoms with Gasteiger partial charge in [0.05, 0.1) is 0 Å². The monoisotopic (exact) mass is 142 g/mol. The van der Waals surface area contributed by atoms with Gasteiger partial charge in [0.2, 0.25) is 0 Å². The predicted octanol–water partition coefficient (Wildman–Crippen LogP) is 1.19.